The van der Waals surface area contributed by atoms with Crippen LogP contribution in [0.25, 0.3) is 11.2 Å². The van der Waals surface area contributed by atoms with Gasteiger partial charge in [-0.15, -0.1) is 0 Å². The quantitative estimate of drug-likeness (QED) is 0.0786. The highest BCUT2D eigenvalue weighted by Gasteiger charge is 2.53. The lowest BCUT2D eigenvalue weighted by Crippen LogP contribution is -2.46. The smallest absolute Gasteiger partial charge is 0.256 e. The Morgan fingerprint density at radius 3 is 1.45 bits per heavy atom. The molecule has 14 nitrogen and oxygen atoms in total. The molecule has 9 aromatic rings. The highest BCUT2D eigenvalue weighted by atomic mass is 16.6. The number of carbonyl (C=O) groups excluding carboxylic acids is 1. The molecule has 0 saturated carbocycles. The van der Waals surface area contributed by atoms with Gasteiger partial charge in [0.2, 0.25) is 0 Å². The number of benzene rings is 7. The number of aromatic nitrogens is 4. The fraction of sp³-hybridized carbons (Fsp3) is 0.186. The predicted molar refractivity (Wildman–Crippen MR) is 275 cm³/mol. The van der Waals surface area contributed by atoms with Crippen molar-refractivity contribution in [1.82, 2.24) is 19.5 Å². The maximum atomic E-state index is 13.4. The van der Waals surface area contributed by atoms with E-state index in [1.165, 1.54) is 12.7 Å². The maximum absolute atomic E-state index is 13.4. The number of amides is 1. The second-order valence-electron chi connectivity index (χ2n) is 17.3. The third-order valence-corrected chi connectivity index (χ3v) is 13.3. The molecule has 10 rings (SSSR count). The number of methoxy groups -OCH3 is 4. The van der Waals surface area contributed by atoms with Gasteiger partial charge in [0.05, 0.1) is 41.4 Å². The van der Waals surface area contributed by atoms with Gasteiger partial charge in [-0.05, 0) is 94.0 Å². The number of hydrogen-bond donors (Lipinski definition) is 2. The Bertz CT molecular complexity index is 3160. The van der Waals surface area contributed by atoms with Crippen LogP contribution in [0.5, 0.6) is 23.0 Å². The van der Waals surface area contributed by atoms with E-state index >= 15 is 0 Å². The van der Waals surface area contributed by atoms with Crippen LogP contribution < -0.4 is 24.3 Å². The SMILES string of the molecule is COc1ccc(C(OC[C@H]2O[C@@H](n3cnc4c(NC(=O)c5ccccc5)ncnc43)[C@@H](O)[C@@H]2OC(c2ccccc2)(c2ccc(OC)cc2)c2ccc(OC)cc2)(c2ccccc2)c2ccc(OC)cc2)cc1. The highest BCUT2D eigenvalue weighted by Crippen LogP contribution is 2.48. The van der Waals surface area contributed by atoms with Crippen molar-refractivity contribution in [2.75, 3.05) is 40.4 Å². The van der Waals surface area contributed by atoms with E-state index in [-0.39, 0.29) is 23.8 Å². The Kier molecular flexibility index (Phi) is 14.0. The van der Waals surface area contributed by atoms with Crippen molar-refractivity contribution in [3.63, 3.8) is 0 Å². The maximum Gasteiger partial charge on any atom is 0.256 e. The number of anilines is 1. The summed E-state index contributed by atoms with van der Waals surface area (Å²) < 4.78 is 46.6. The molecule has 0 spiro atoms. The molecule has 0 bridgehead atoms. The molecule has 14 heteroatoms. The van der Waals surface area contributed by atoms with Gasteiger partial charge in [-0.25, -0.2) is 15.0 Å². The van der Waals surface area contributed by atoms with Crippen LogP contribution >= 0.6 is 0 Å². The molecule has 0 unspecified atom stereocenters. The Morgan fingerprint density at radius 2 is 0.986 bits per heavy atom. The molecule has 73 heavy (non-hydrogen) atoms. The largest absolute Gasteiger partial charge is 0.497 e. The van der Waals surface area contributed by atoms with Crippen molar-refractivity contribution in [3.8, 4) is 23.0 Å². The normalized spacial score (nSPS) is 16.7. The molecule has 1 saturated heterocycles. The van der Waals surface area contributed by atoms with Crippen LogP contribution in [0.1, 0.15) is 50.0 Å². The Morgan fingerprint density at radius 1 is 0.562 bits per heavy atom. The lowest BCUT2D eigenvalue weighted by atomic mass is 9.79. The second-order valence-corrected chi connectivity index (χ2v) is 17.3. The molecule has 4 atom stereocenters. The van der Waals surface area contributed by atoms with Gasteiger partial charge in [-0.2, -0.15) is 0 Å². The first-order valence-corrected chi connectivity index (χ1v) is 23.7. The lowest BCUT2D eigenvalue weighted by Gasteiger charge is -2.41. The number of ether oxygens (including phenoxy) is 7. The predicted octanol–water partition coefficient (Wildman–Crippen LogP) is 9.76. The third kappa shape index (κ3) is 9.24. The number of carbonyl (C=O) groups is 1. The standard InChI is InChI=1S/C59H53N5O9/c1-67-46-28-20-42(21-29-46)58(40-16-10-6-11-17-40,43-22-30-47(68-2)31-23-43)71-36-50-53(52(65)57(72-50)64-38-62-51-54(60-37-61-55(51)64)63-56(66)39-14-8-5-9-15-39)73-59(41-18-12-7-13-19-41,44-24-32-48(69-3)33-25-44)45-26-34-49(70-4)35-27-45/h5-35,37-38,50,52-53,57,65H,36H2,1-4H3,(H,60,61,63,66)/t50-,52+,53-,57-/m1/s1. The summed E-state index contributed by atoms with van der Waals surface area (Å²) in [5.41, 5.74) is 3.07. The molecule has 3 heterocycles. The van der Waals surface area contributed by atoms with E-state index in [1.54, 1.807) is 57.3 Å². The fourth-order valence-electron chi connectivity index (χ4n) is 9.64. The lowest BCUT2D eigenvalue weighted by molar-refractivity contribution is -0.131. The van der Waals surface area contributed by atoms with E-state index in [0.717, 1.165) is 33.4 Å². The molecule has 0 aliphatic carbocycles. The second kappa shape index (κ2) is 21.1. The summed E-state index contributed by atoms with van der Waals surface area (Å²) in [6, 6.07) is 59.5. The molecule has 1 fully saturated rings. The van der Waals surface area contributed by atoms with Gasteiger partial charge in [-0.1, -0.05) is 127 Å². The van der Waals surface area contributed by atoms with Crippen LogP contribution in [0.2, 0.25) is 0 Å². The number of imidazole rings is 1. The number of nitrogens with zero attached hydrogens (tertiary/aromatic N) is 4. The van der Waals surface area contributed by atoms with Crippen molar-refractivity contribution in [3.05, 3.63) is 240 Å². The van der Waals surface area contributed by atoms with Crippen molar-refractivity contribution in [2.45, 2.75) is 35.7 Å². The van der Waals surface area contributed by atoms with Crippen LogP contribution in [0, 0.1) is 0 Å². The number of aliphatic hydroxyl groups is 1. The topological polar surface area (TPSA) is 158 Å². The fourth-order valence-corrected chi connectivity index (χ4v) is 9.64. The first-order valence-electron chi connectivity index (χ1n) is 23.7. The zero-order valence-corrected chi connectivity index (χ0v) is 40.6. The van der Waals surface area contributed by atoms with Crippen LogP contribution in [0.4, 0.5) is 5.82 Å². The zero-order chi connectivity index (χ0) is 50.4. The van der Waals surface area contributed by atoms with Gasteiger partial charge < -0.3 is 43.6 Å². The van der Waals surface area contributed by atoms with Gasteiger partial charge in [0, 0.05) is 5.56 Å². The van der Waals surface area contributed by atoms with Crippen molar-refractivity contribution >= 4 is 22.9 Å². The number of aliphatic hydroxyl groups excluding tert-OH is 1. The van der Waals surface area contributed by atoms with Gasteiger partial charge in [0.25, 0.3) is 5.91 Å². The zero-order valence-electron chi connectivity index (χ0n) is 40.6. The number of nitrogens with one attached hydrogen (secondary N) is 1. The summed E-state index contributed by atoms with van der Waals surface area (Å²) >= 11 is 0. The van der Waals surface area contributed by atoms with Crippen molar-refractivity contribution in [1.29, 1.82) is 0 Å². The molecule has 368 valence electrons. The summed E-state index contributed by atoms with van der Waals surface area (Å²) in [4.78, 5) is 27.1. The summed E-state index contributed by atoms with van der Waals surface area (Å²) in [5, 5.41) is 16.0. The van der Waals surface area contributed by atoms with Crippen LogP contribution in [-0.2, 0) is 25.4 Å². The first kappa shape index (κ1) is 48.2. The third-order valence-electron chi connectivity index (χ3n) is 13.3. The van der Waals surface area contributed by atoms with E-state index in [2.05, 4.69) is 15.3 Å². The summed E-state index contributed by atoms with van der Waals surface area (Å²) in [7, 11) is 6.50. The van der Waals surface area contributed by atoms with Gasteiger partial charge in [0.15, 0.2) is 23.2 Å². The minimum atomic E-state index is -1.39. The average molecular weight is 976 g/mol. The Hall–Kier alpha value is -8.40. The first-order chi connectivity index (χ1) is 35.8. The number of fused-ring (bicyclic) bond motifs is 1. The van der Waals surface area contributed by atoms with Crippen molar-refractivity contribution in [2.24, 2.45) is 0 Å². The molecular weight excluding hydrogens is 923 g/mol. The average Bonchev–Trinajstić information content (AvgIpc) is 4.03. The van der Waals surface area contributed by atoms with Gasteiger partial charge in [-0.3, -0.25) is 9.36 Å². The molecular formula is C59H53N5O9. The van der Waals surface area contributed by atoms with Crippen LogP contribution in [0.15, 0.2) is 201 Å². The monoisotopic (exact) mass is 975 g/mol. The van der Waals surface area contributed by atoms with E-state index in [0.29, 0.717) is 34.2 Å². The van der Waals surface area contributed by atoms with E-state index in [9.17, 15) is 9.90 Å². The molecule has 1 amide bonds. The Labute approximate surface area is 422 Å². The van der Waals surface area contributed by atoms with Gasteiger partial charge >= 0.3 is 0 Å². The number of hydrogen-bond acceptors (Lipinski definition) is 12. The molecule has 0 radical (unpaired) electrons. The van der Waals surface area contributed by atoms with Crippen LogP contribution in [0.3, 0.4) is 0 Å². The van der Waals surface area contributed by atoms with E-state index < -0.39 is 35.7 Å². The summed E-state index contributed by atoms with van der Waals surface area (Å²) in [6.07, 6.45) is -1.81. The number of rotatable bonds is 18. The minimum absolute atomic E-state index is 0.124. The van der Waals surface area contributed by atoms with Crippen LogP contribution in [-0.4, -0.2) is 83.9 Å². The van der Waals surface area contributed by atoms with E-state index in [4.69, 9.17) is 38.1 Å². The Balaban J connectivity index is 1.14. The molecule has 7 aromatic carbocycles. The summed E-state index contributed by atoms with van der Waals surface area (Å²) in [5.74, 6) is 2.46. The molecule has 1 aliphatic rings. The van der Waals surface area contributed by atoms with Crippen molar-refractivity contribution < 1.29 is 43.1 Å². The van der Waals surface area contributed by atoms with Gasteiger partial charge in [0.1, 0.15) is 58.8 Å². The molecule has 2 aromatic heterocycles. The minimum Gasteiger partial charge on any atom is -0.497 e. The van der Waals surface area contributed by atoms with E-state index in [1.807, 2.05) is 164 Å². The highest BCUT2D eigenvalue weighted by molar-refractivity contribution is 6.06. The molecule has 2 N–H and O–H groups in total. The molecule has 1 aliphatic heterocycles. The summed E-state index contributed by atoms with van der Waals surface area (Å²) in [6.45, 7) is -0.124.